The average Bonchev–Trinajstić information content (AvgIpc) is 3.35. The van der Waals surface area contributed by atoms with Crippen molar-refractivity contribution in [2.45, 2.75) is 25.9 Å². The normalized spacial score (nSPS) is 15.1. The Morgan fingerprint density at radius 1 is 1.21 bits per heavy atom. The molecule has 196 valence electrons. The number of piperidine rings is 1. The quantitative estimate of drug-likeness (QED) is 0.356. The number of carbonyl (C=O) groups excluding carboxylic acids is 2. The van der Waals surface area contributed by atoms with Crippen LogP contribution in [0.4, 0.5) is 5.82 Å². The first-order valence-electron chi connectivity index (χ1n) is 12.7. The lowest BCUT2D eigenvalue weighted by Crippen LogP contribution is -2.40. The zero-order valence-corrected chi connectivity index (χ0v) is 21.4. The molecule has 0 unspecified atom stereocenters. The van der Waals surface area contributed by atoms with Gasteiger partial charge in [-0.3, -0.25) is 9.59 Å². The number of nitrogen functional groups attached to an aromatic ring is 1. The van der Waals surface area contributed by atoms with E-state index in [1.807, 2.05) is 39.9 Å². The minimum Gasteiger partial charge on any atom is -0.383 e. The van der Waals surface area contributed by atoms with E-state index in [9.17, 15) is 9.59 Å². The fourth-order valence-electron chi connectivity index (χ4n) is 4.99. The van der Waals surface area contributed by atoms with Gasteiger partial charge in [-0.2, -0.15) is 10.4 Å². The van der Waals surface area contributed by atoms with Crippen molar-refractivity contribution in [1.29, 1.82) is 5.26 Å². The molecule has 1 fully saturated rings. The van der Waals surface area contributed by atoms with Crippen LogP contribution in [-0.2, 0) is 17.9 Å². The van der Waals surface area contributed by atoms with E-state index in [1.165, 1.54) is 12.4 Å². The zero-order valence-electron chi connectivity index (χ0n) is 21.4. The molecule has 2 amide bonds. The van der Waals surface area contributed by atoms with Crippen LogP contribution in [0, 0.1) is 17.2 Å². The Morgan fingerprint density at radius 2 is 2.05 bits per heavy atom. The van der Waals surface area contributed by atoms with Crippen LogP contribution in [0.25, 0.3) is 22.3 Å². The summed E-state index contributed by atoms with van der Waals surface area (Å²) in [4.78, 5) is 35.3. The number of amides is 2. The van der Waals surface area contributed by atoms with Crippen LogP contribution in [0.2, 0.25) is 0 Å². The van der Waals surface area contributed by atoms with Crippen LogP contribution >= 0.6 is 0 Å². The van der Waals surface area contributed by atoms with Crippen molar-refractivity contribution < 1.29 is 9.59 Å². The average molecular weight is 521 g/mol. The Balaban J connectivity index is 1.39. The monoisotopic (exact) mass is 520 g/mol. The van der Waals surface area contributed by atoms with Gasteiger partial charge in [-0.1, -0.05) is 30.8 Å². The first-order valence-corrected chi connectivity index (χ1v) is 12.7. The Hall–Kier alpha value is -5.04. The topological polar surface area (TPSA) is 143 Å². The molecule has 39 heavy (non-hydrogen) atoms. The van der Waals surface area contributed by atoms with Crippen molar-refractivity contribution >= 4 is 28.7 Å². The number of benzene rings is 2. The molecule has 0 radical (unpaired) electrons. The SMILES string of the molecule is C=CC(=O)N1CCC[C@@H](Cn2nc(-c3cccc(CNC(=O)c4cccc(C#N)c4)c3)c3c(N)ncnc32)C1. The van der Waals surface area contributed by atoms with E-state index >= 15 is 0 Å². The molecule has 1 aliphatic heterocycles. The highest BCUT2D eigenvalue weighted by Gasteiger charge is 2.25. The molecule has 0 aliphatic carbocycles. The lowest BCUT2D eigenvalue weighted by molar-refractivity contribution is -0.127. The van der Waals surface area contributed by atoms with Gasteiger partial charge in [0, 0.05) is 37.3 Å². The van der Waals surface area contributed by atoms with E-state index in [1.54, 1.807) is 24.3 Å². The predicted octanol–water partition coefficient (Wildman–Crippen LogP) is 3.30. The van der Waals surface area contributed by atoms with Crippen molar-refractivity contribution in [3.63, 3.8) is 0 Å². The number of likely N-dealkylation sites (tertiary alicyclic amines) is 1. The highest BCUT2D eigenvalue weighted by atomic mass is 16.2. The number of aromatic nitrogens is 4. The number of nitriles is 1. The Labute approximate surface area is 225 Å². The van der Waals surface area contributed by atoms with Crippen LogP contribution in [0.15, 0.2) is 67.5 Å². The first kappa shape index (κ1) is 25.6. The van der Waals surface area contributed by atoms with Gasteiger partial charge in [-0.05, 0) is 54.7 Å². The molecule has 3 N–H and O–H groups in total. The van der Waals surface area contributed by atoms with Gasteiger partial charge in [-0.15, -0.1) is 0 Å². The molecule has 5 rings (SSSR count). The number of nitrogens with zero attached hydrogens (tertiary/aromatic N) is 6. The van der Waals surface area contributed by atoms with E-state index < -0.39 is 0 Å². The lowest BCUT2D eigenvalue weighted by Gasteiger charge is -2.32. The fourth-order valence-corrected chi connectivity index (χ4v) is 4.99. The van der Waals surface area contributed by atoms with Crippen molar-refractivity contribution in [2.24, 2.45) is 5.92 Å². The maximum atomic E-state index is 12.6. The van der Waals surface area contributed by atoms with Gasteiger partial charge >= 0.3 is 0 Å². The van der Waals surface area contributed by atoms with E-state index in [-0.39, 0.29) is 17.7 Å². The molecule has 0 bridgehead atoms. The molecule has 10 nitrogen and oxygen atoms in total. The number of fused-ring (bicyclic) bond motifs is 1. The second-order valence-electron chi connectivity index (χ2n) is 9.56. The van der Waals surface area contributed by atoms with E-state index in [0.29, 0.717) is 53.3 Å². The third-order valence-electron chi connectivity index (χ3n) is 6.90. The van der Waals surface area contributed by atoms with Crippen molar-refractivity contribution in [2.75, 3.05) is 18.8 Å². The Morgan fingerprint density at radius 3 is 2.87 bits per heavy atom. The van der Waals surface area contributed by atoms with Crippen LogP contribution in [-0.4, -0.2) is 49.6 Å². The molecular formula is C29H28N8O2. The third kappa shape index (κ3) is 5.48. The van der Waals surface area contributed by atoms with Gasteiger partial charge in [0.05, 0.1) is 17.0 Å². The first-order chi connectivity index (χ1) is 19.0. The molecule has 4 aromatic rings. The number of rotatable bonds is 7. The van der Waals surface area contributed by atoms with Crippen molar-refractivity contribution in [3.05, 3.63) is 84.2 Å². The highest BCUT2D eigenvalue weighted by molar-refractivity contribution is 5.98. The summed E-state index contributed by atoms with van der Waals surface area (Å²) in [6.07, 6.45) is 4.68. The molecule has 3 heterocycles. The molecule has 0 saturated carbocycles. The van der Waals surface area contributed by atoms with Crippen LogP contribution in [0.1, 0.15) is 34.3 Å². The minimum atomic E-state index is -0.263. The van der Waals surface area contributed by atoms with Gasteiger partial charge in [0.15, 0.2) is 5.65 Å². The Bertz CT molecular complexity index is 1600. The number of nitrogens with one attached hydrogen (secondary N) is 1. The van der Waals surface area contributed by atoms with Gasteiger partial charge in [0.25, 0.3) is 5.91 Å². The minimum absolute atomic E-state index is 0.0565. The lowest BCUT2D eigenvalue weighted by atomic mass is 9.98. The molecule has 0 spiro atoms. The summed E-state index contributed by atoms with van der Waals surface area (Å²) in [5, 5.41) is 17.6. The second kappa shape index (κ2) is 11.1. The highest BCUT2D eigenvalue weighted by Crippen LogP contribution is 2.31. The number of hydrogen-bond acceptors (Lipinski definition) is 7. The summed E-state index contributed by atoms with van der Waals surface area (Å²) < 4.78 is 1.85. The standard InChI is InChI=1S/C29H28N8O2/c1-2-24(38)36-11-5-8-21(16-36)17-37-28-25(27(31)33-18-34-28)26(35-37)22-9-4-7-20(13-22)15-32-29(39)23-10-3-6-19(12-23)14-30/h2-4,6-7,9-10,12-13,18,21H,1,5,8,11,15-17H2,(H,32,39)(H2,31,33,34)/t21-/m1/s1. The summed E-state index contributed by atoms with van der Waals surface area (Å²) in [7, 11) is 0. The van der Waals surface area contributed by atoms with Gasteiger partial charge in [0.2, 0.25) is 5.91 Å². The van der Waals surface area contributed by atoms with Crippen molar-refractivity contribution in [1.82, 2.24) is 30.0 Å². The Kier molecular flexibility index (Phi) is 7.32. The molecule has 10 heteroatoms. The van der Waals surface area contributed by atoms with Crippen LogP contribution in [0.5, 0.6) is 0 Å². The zero-order chi connectivity index (χ0) is 27.4. The maximum Gasteiger partial charge on any atom is 0.251 e. The summed E-state index contributed by atoms with van der Waals surface area (Å²) in [6.45, 7) is 5.86. The summed E-state index contributed by atoms with van der Waals surface area (Å²) in [6, 6.07) is 16.3. The molecule has 1 atom stereocenters. The summed E-state index contributed by atoms with van der Waals surface area (Å²) >= 11 is 0. The van der Waals surface area contributed by atoms with Crippen molar-refractivity contribution in [3.8, 4) is 17.3 Å². The molecule has 2 aromatic heterocycles. The molecule has 2 aromatic carbocycles. The molecular weight excluding hydrogens is 492 g/mol. The van der Waals surface area contributed by atoms with E-state index in [2.05, 4.69) is 21.9 Å². The van der Waals surface area contributed by atoms with Gasteiger partial charge in [-0.25, -0.2) is 14.6 Å². The van der Waals surface area contributed by atoms with Crippen LogP contribution < -0.4 is 11.1 Å². The number of hydrogen-bond donors (Lipinski definition) is 2. The summed E-state index contributed by atoms with van der Waals surface area (Å²) in [5.41, 5.74) is 10.2. The third-order valence-corrected chi connectivity index (χ3v) is 6.90. The number of nitrogens with two attached hydrogens (primary N) is 1. The van der Waals surface area contributed by atoms with E-state index in [0.717, 1.165) is 30.5 Å². The number of carbonyl (C=O) groups is 2. The number of anilines is 1. The van der Waals surface area contributed by atoms with Gasteiger partial charge in [0.1, 0.15) is 17.8 Å². The molecule has 1 saturated heterocycles. The van der Waals surface area contributed by atoms with Gasteiger partial charge < -0.3 is 16.0 Å². The van der Waals surface area contributed by atoms with Crippen LogP contribution in [0.3, 0.4) is 0 Å². The smallest absolute Gasteiger partial charge is 0.251 e. The summed E-state index contributed by atoms with van der Waals surface area (Å²) in [5.74, 6) is 0.237. The molecule has 1 aliphatic rings. The second-order valence-corrected chi connectivity index (χ2v) is 9.56. The predicted molar refractivity (Wildman–Crippen MR) is 147 cm³/mol. The maximum absolute atomic E-state index is 12.6. The van der Waals surface area contributed by atoms with E-state index in [4.69, 9.17) is 16.1 Å². The fraction of sp³-hybridized carbons (Fsp3) is 0.241. The largest absolute Gasteiger partial charge is 0.383 e.